The van der Waals surface area contributed by atoms with E-state index in [1.807, 2.05) is 6.92 Å². The van der Waals surface area contributed by atoms with Crippen molar-refractivity contribution >= 4 is 5.95 Å². The van der Waals surface area contributed by atoms with Crippen LogP contribution in [0.15, 0.2) is 0 Å². The van der Waals surface area contributed by atoms with E-state index >= 15 is 0 Å². The van der Waals surface area contributed by atoms with E-state index in [0.717, 1.165) is 0 Å². The van der Waals surface area contributed by atoms with Gasteiger partial charge in [0.2, 0.25) is 12.3 Å². The number of halogens is 1. The van der Waals surface area contributed by atoms with Crippen LogP contribution in [0, 0.1) is 12.4 Å². The van der Waals surface area contributed by atoms with E-state index < -0.39 is 6.08 Å². The van der Waals surface area contributed by atoms with Gasteiger partial charge in [0.05, 0.1) is 0 Å². The topological polar surface area (TPSA) is 50.7 Å². The molecule has 4 nitrogen and oxygen atoms in total. The van der Waals surface area contributed by atoms with Gasteiger partial charge in [0.25, 0.3) is 0 Å². The van der Waals surface area contributed by atoms with Crippen LogP contribution in [0.2, 0.25) is 0 Å². The Labute approximate surface area is 57.5 Å². The van der Waals surface area contributed by atoms with Gasteiger partial charge in [-0.05, 0) is 6.92 Å². The summed E-state index contributed by atoms with van der Waals surface area (Å²) in [7, 11) is 0. The molecule has 1 aromatic heterocycles. The summed E-state index contributed by atoms with van der Waals surface area (Å²) in [5.41, 5.74) is 0. The van der Waals surface area contributed by atoms with E-state index in [0.29, 0.717) is 6.54 Å². The van der Waals surface area contributed by atoms with Gasteiger partial charge in [-0.3, -0.25) is 0 Å². The van der Waals surface area contributed by atoms with Gasteiger partial charge in [0.15, 0.2) is 0 Å². The van der Waals surface area contributed by atoms with Crippen LogP contribution in [0.25, 0.3) is 0 Å². The Morgan fingerprint density at radius 2 is 2.40 bits per heavy atom. The molecule has 1 radical (unpaired) electrons. The number of hydrogen-bond donors (Lipinski definition) is 1. The van der Waals surface area contributed by atoms with Crippen molar-refractivity contribution in [1.29, 1.82) is 0 Å². The zero-order valence-electron chi connectivity index (χ0n) is 5.43. The first-order chi connectivity index (χ1) is 4.83. The van der Waals surface area contributed by atoms with Gasteiger partial charge < -0.3 is 5.32 Å². The molecular weight excluding hydrogens is 135 g/mol. The van der Waals surface area contributed by atoms with Crippen molar-refractivity contribution in [2.24, 2.45) is 0 Å². The molecule has 1 aromatic rings. The molecule has 1 heterocycles. The lowest BCUT2D eigenvalue weighted by atomic mass is 10.7. The average Bonchev–Trinajstić information content (AvgIpc) is 1.88. The molecule has 1 N–H and O–H groups in total. The zero-order chi connectivity index (χ0) is 7.40. The lowest BCUT2D eigenvalue weighted by Gasteiger charge is -1.96. The predicted molar refractivity (Wildman–Crippen MR) is 32.8 cm³/mol. The summed E-state index contributed by atoms with van der Waals surface area (Å²) in [4.78, 5) is 9.93. The molecule has 0 aliphatic heterocycles. The number of nitrogens with one attached hydrogen (secondary N) is 1. The number of rotatable bonds is 2. The van der Waals surface area contributed by atoms with Crippen molar-refractivity contribution in [2.75, 3.05) is 11.9 Å². The molecule has 0 aliphatic rings. The van der Waals surface area contributed by atoms with Crippen LogP contribution in [-0.4, -0.2) is 21.5 Å². The number of aromatic nitrogens is 3. The van der Waals surface area contributed by atoms with E-state index in [4.69, 9.17) is 0 Å². The van der Waals surface area contributed by atoms with Gasteiger partial charge in [-0.1, -0.05) is 0 Å². The average molecular weight is 141 g/mol. The zero-order valence-corrected chi connectivity index (χ0v) is 5.43. The molecule has 0 amide bonds. The summed E-state index contributed by atoms with van der Waals surface area (Å²) in [6.45, 7) is 2.51. The summed E-state index contributed by atoms with van der Waals surface area (Å²) in [5, 5.41) is 2.71. The summed E-state index contributed by atoms with van der Waals surface area (Å²) in [5.74, 6) is 0.218. The highest BCUT2D eigenvalue weighted by Gasteiger charge is 1.95. The van der Waals surface area contributed by atoms with Crippen LogP contribution in [0.1, 0.15) is 6.92 Å². The fourth-order valence-electron chi connectivity index (χ4n) is 0.488. The number of anilines is 1. The lowest BCUT2D eigenvalue weighted by Crippen LogP contribution is -2.04. The Kier molecular flexibility index (Phi) is 2.09. The SMILES string of the molecule is CCNc1n[c]nc(F)n1. The van der Waals surface area contributed by atoms with Crippen molar-refractivity contribution in [3.05, 3.63) is 12.4 Å². The maximum Gasteiger partial charge on any atom is 0.314 e. The molecule has 0 bridgehead atoms. The largest absolute Gasteiger partial charge is 0.354 e. The smallest absolute Gasteiger partial charge is 0.314 e. The van der Waals surface area contributed by atoms with Crippen LogP contribution in [0.5, 0.6) is 0 Å². The second-order valence-corrected chi connectivity index (χ2v) is 1.56. The minimum Gasteiger partial charge on any atom is -0.354 e. The highest BCUT2D eigenvalue weighted by atomic mass is 19.1. The van der Waals surface area contributed by atoms with Gasteiger partial charge in [-0.2, -0.15) is 19.3 Å². The summed E-state index contributed by atoms with van der Waals surface area (Å²) >= 11 is 0. The Bertz CT molecular complexity index is 215. The van der Waals surface area contributed by atoms with Gasteiger partial charge in [0.1, 0.15) is 0 Å². The van der Waals surface area contributed by atoms with Crippen LogP contribution in [0.4, 0.5) is 10.3 Å². The standard InChI is InChI=1S/C5H6FN4/c1-2-7-5-9-3-8-4(6)10-5/h2H2,1H3,(H,7,8,9,10). The molecule has 0 fully saturated rings. The molecule has 0 saturated carbocycles. The second kappa shape index (κ2) is 3.05. The van der Waals surface area contributed by atoms with E-state index in [9.17, 15) is 4.39 Å². The maximum absolute atomic E-state index is 12.2. The molecule has 10 heavy (non-hydrogen) atoms. The minimum absolute atomic E-state index is 0.218. The molecule has 5 heteroatoms. The third-order valence-corrected chi connectivity index (χ3v) is 0.831. The maximum atomic E-state index is 12.2. The quantitative estimate of drug-likeness (QED) is 0.641. The Balaban J connectivity index is 2.75. The van der Waals surface area contributed by atoms with E-state index in [1.54, 1.807) is 0 Å². The lowest BCUT2D eigenvalue weighted by molar-refractivity contribution is 0.533. The van der Waals surface area contributed by atoms with Crippen molar-refractivity contribution in [1.82, 2.24) is 15.0 Å². The Hall–Kier alpha value is -1.26. The van der Waals surface area contributed by atoms with E-state index in [2.05, 4.69) is 26.6 Å². The Morgan fingerprint density at radius 1 is 1.60 bits per heavy atom. The van der Waals surface area contributed by atoms with Crippen LogP contribution >= 0.6 is 0 Å². The van der Waals surface area contributed by atoms with E-state index in [-0.39, 0.29) is 5.95 Å². The summed E-state index contributed by atoms with van der Waals surface area (Å²) in [6, 6.07) is 0. The van der Waals surface area contributed by atoms with Crippen LogP contribution < -0.4 is 5.32 Å². The van der Waals surface area contributed by atoms with Crippen LogP contribution in [-0.2, 0) is 0 Å². The van der Waals surface area contributed by atoms with Crippen LogP contribution in [0.3, 0.4) is 0 Å². The summed E-state index contributed by atoms with van der Waals surface area (Å²) in [6.07, 6.45) is 1.30. The van der Waals surface area contributed by atoms with Crippen molar-refractivity contribution < 1.29 is 4.39 Å². The van der Waals surface area contributed by atoms with E-state index in [1.165, 1.54) is 0 Å². The molecule has 0 atom stereocenters. The normalized spacial score (nSPS) is 9.40. The molecule has 0 aromatic carbocycles. The minimum atomic E-state index is -0.814. The fraction of sp³-hybridized carbons (Fsp3) is 0.400. The Morgan fingerprint density at radius 3 is 3.00 bits per heavy atom. The first kappa shape index (κ1) is 6.85. The van der Waals surface area contributed by atoms with Crippen molar-refractivity contribution in [2.45, 2.75) is 6.92 Å². The van der Waals surface area contributed by atoms with Crippen molar-refractivity contribution in [3.8, 4) is 0 Å². The predicted octanol–water partition coefficient (Wildman–Crippen LogP) is 0.243. The molecule has 0 spiro atoms. The molecule has 0 saturated heterocycles. The first-order valence-electron chi connectivity index (χ1n) is 2.84. The summed E-state index contributed by atoms with van der Waals surface area (Å²) < 4.78 is 12.2. The van der Waals surface area contributed by atoms with Gasteiger partial charge in [-0.25, -0.2) is 0 Å². The number of nitrogens with zero attached hydrogens (tertiary/aromatic N) is 3. The second-order valence-electron chi connectivity index (χ2n) is 1.56. The molecular formula is C5H6FN4. The molecule has 1 rings (SSSR count). The third kappa shape index (κ3) is 1.61. The third-order valence-electron chi connectivity index (χ3n) is 0.831. The fourth-order valence-corrected chi connectivity index (χ4v) is 0.488. The molecule has 53 valence electrons. The first-order valence-corrected chi connectivity index (χ1v) is 2.84. The molecule has 0 unspecified atom stereocenters. The van der Waals surface area contributed by atoms with Gasteiger partial charge >= 0.3 is 6.08 Å². The van der Waals surface area contributed by atoms with Gasteiger partial charge in [0, 0.05) is 6.54 Å². The van der Waals surface area contributed by atoms with Gasteiger partial charge in [-0.15, -0.1) is 0 Å². The highest BCUT2D eigenvalue weighted by molar-refractivity contribution is 5.19. The monoisotopic (exact) mass is 141 g/mol. The highest BCUT2D eigenvalue weighted by Crippen LogP contribution is 1.92. The van der Waals surface area contributed by atoms with Crippen molar-refractivity contribution in [3.63, 3.8) is 0 Å². The molecule has 0 aliphatic carbocycles. The number of hydrogen-bond acceptors (Lipinski definition) is 4.